The number of amides is 2. The third-order valence-electron chi connectivity index (χ3n) is 4.56. The number of halogens is 1. The first kappa shape index (κ1) is 11.4. The van der Waals surface area contributed by atoms with E-state index in [1.807, 2.05) is 24.3 Å². The van der Waals surface area contributed by atoms with E-state index in [2.05, 4.69) is 28.1 Å². The summed E-state index contributed by atoms with van der Waals surface area (Å²) in [5, 5.41) is 0. The number of carbonyl (C=O) groups excluding carboxylic acids is 2. The molecule has 1 aliphatic heterocycles. The summed E-state index contributed by atoms with van der Waals surface area (Å²) in [6.45, 7) is 0. The van der Waals surface area contributed by atoms with Gasteiger partial charge in [-0.15, -0.1) is 0 Å². The maximum Gasteiger partial charge on any atom is 0.238 e. The number of carbonyl (C=O) groups is 2. The summed E-state index contributed by atoms with van der Waals surface area (Å²) >= 11 is 3.36. The minimum absolute atomic E-state index is 0.0193. The van der Waals surface area contributed by atoms with E-state index in [1.54, 1.807) is 0 Å². The molecule has 1 saturated heterocycles. The molecule has 2 bridgehead atoms. The monoisotopic (exact) mass is 317 g/mol. The van der Waals surface area contributed by atoms with Gasteiger partial charge >= 0.3 is 0 Å². The summed E-state index contributed by atoms with van der Waals surface area (Å²) in [6, 6.07) is 7.35. The van der Waals surface area contributed by atoms with Crippen LogP contribution in [0.4, 0.5) is 5.69 Å². The van der Waals surface area contributed by atoms with Gasteiger partial charge in [-0.25, -0.2) is 0 Å². The molecule has 0 N–H and O–H groups in total. The molecular weight excluding hydrogens is 306 g/mol. The van der Waals surface area contributed by atoms with Crippen molar-refractivity contribution in [2.24, 2.45) is 23.7 Å². The number of benzene rings is 1. The van der Waals surface area contributed by atoms with Gasteiger partial charge in [0.05, 0.1) is 17.5 Å². The molecule has 96 valence electrons. The summed E-state index contributed by atoms with van der Waals surface area (Å²) in [5.74, 6) is 0.263. The Labute approximate surface area is 119 Å². The quantitative estimate of drug-likeness (QED) is 0.590. The highest BCUT2D eigenvalue weighted by Crippen LogP contribution is 2.53. The summed E-state index contributed by atoms with van der Waals surface area (Å²) in [7, 11) is 0. The van der Waals surface area contributed by atoms with Crippen molar-refractivity contribution in [1.82, 2.24) is 0 Å². The molecule has 2 fully saturated rings. The summed E-state index contributed by atoms with van der Waals surface area (Å²) in [5.41, 5.74) is 0.687. The van der Waals surface area contributed by atoms with E-state index in [-0.39, 0.29) is 35.5 Å². The lowest BCUT2D eigenvalue weighted by Gasteiger charge is -2.17. The van der Waals surface area contributed by atoms with Gasteiger partial charge in [0.2, 0.25) is 11.8 Å². The molecule has 3 nitrogen and oxygen atoms in total. The van der Waals surface area contributed by atoms with E-state index in [0.29, 0.717) is 5.69 Å². The van der Waals surface area contributed by atoms with Crippen molar-refractivity contribution in [3.8, 4) is 0 Å². The molecule has 4 heteroatoms. The molecule has 0 aromatic heterocycles. The van der Waals surface area contributed by atoms with Gasteiger partial charge < -0.3 is 0 Å². The zero-order valence-corrected chi connectivity index (χ0v) is 11.7. The number of hydrogen-bond donors (Lipinski definition) is 0. The zero-order chi connectivity index (χ0) is 13.1. The topological polar surface area (TPSA) is 37.4 Å². The van der Waals surface area contributed by atoms with Crippen LogP contribution in [-0.2, 0) is 9.59 Å². The number of imide groups is 1. The van der Waals surface area contributed by atoms with Crippen molar-refractivity contribution in [2.45, 2.75) is 6.42 Å². The predicted molar refractivity (Wildman–Crippen MR) is 74.4 cm³/mol. The number of anilines is 1. The van der Waals surface area contributed by atoms with Crippen LogP contribution in [0.3, 0.4) is 0 Å². The maximum absolute atomic E-state index is 12.5. The van der Waals surface area contributed by atoms with Gasteiger partial charge in [-0.05, 0) is 42.5 Å². The lowest BCUT2D eigenvalue weighted by molar-refractivity contribution is -0.123. The highest BCUT2D eigenvalue weighted by atomic mass is 79.9. The van der Waals surface area contributed by atoms with Crippen LogP contribution in [0.1, 0.15) is 6.42 Å². The molecule has 1 saturated carbocycles. The van der Waals surface area contributed by atoms with Crippen LogP contribution in [0, 0.1) is 23.7 Å². The largest absolute Gasteiger partial charge is 0.274 e. The molecule has 3 aliphatic rings. The Kier molecular flexibility index (Phi) is 2.28. The minimum Gasteiger partial charge on any atom is -0.274 e. The van der Waals surface area contributed by atoms with Crippen molar-refractivity contribution in [2.75, 3.05) is 4.90 Å². The third kappa shape index (κ3) is 1.43. The number of rotatable bonds is 1. The van der Waals surface area contributed by atoms with E-state index < -0.39 is 0 Å². The van der Waals surface area contributed by atoms with Gasteiger partial charge in [0, 0.05) is 4.47 Å². The third-order valence-corrected chi connectivity index (χ3v) is 5.08. The Morgan fingerprint density at radius 1 is 0.947 bits per heavy atom. The van der Waals surface area contributed by atoms with E-state index in [4.69, 9.17) is 0 Å². The molecule has 2 aliphatic carbocycles. The summed E-state index contributed by atoms with van der Waals surface area (Å²) in [4.78, 5) is 26.4. The fraction of sp³-hybridized carbons (Fsp3) is 0.333. The van der Waals surface area contributed by atoms with Crippen molar-refractivity contribution in [3.63, 3.8) is 0 Å². The normalized spacial score (nSPS) is 35.3. The first-order chi connectivity index (χ1) is 9.16. The molecular formula is C15H12BrNO2. The summed E-state index contributed by atoms with van der Waals surface area (Å²) < 4.78 is 0.942. The van der Waals surface area contributed by atoms with Gasteiger partial charge in [-0.2, -0.15) is 0 Å². The van der Waals surface area contributed by atoms with Gasteiger partial charge in [-0.1, -0.05) is 28.1 Å². The van der Waals surface area contributed by atoms with Crippen LogP contribution >= 0.6 is 15.9 Å². The van der Waals surface area contributed by atoms with Crippen LogP contribution in [0.25, 0.3) is 0 Å². The summed E-state index contributed by atoms with van der Waals surface area (Å²) in [6.07, 6.45) is 5.20. The molecule has 1 heterocycles. The second kappa shape index (κ2) is 3.79. The predicted octanol–water partition coefficient (Wildman–Crippen LogP) is 2.76. The number of fused-ring (bicyclic) bond motifs is 5. The minimum atomic E-state index is -0.119. The fourth-order valence-electron chi connectivity index (χ4n) is 3.75. The lowest BCUT2D eigenvalue weighted by atomic mass is 9.85. The Morgan fingerprint density at radius 2 is 1.47 bits per heavy atom. The van der Waals surface area contributed by atoms with E-state index in [0.717, 1.165) is 10.9 Å². The van der Waals surface area contributed by atoms with Crippen LogP contribution in [-0.4, -0.2) is 11.8 Å². The van der Waals surface area contributed by atoms with Crippen LogP contribution in [0.5, 0.6) is 0 Å². The SMILES string of the molecule is O=C1C2C3C=CC(C3)C2C(=O)N1c1ccc(Br)cc1. The molecule has 0 radical (unpaired) electrons. The average molecular weight is 318 g/mol. The fourth-order valence-corrected chi connectivity index (χ4v) is 4.01. The molecule has 4 rings (SSSR count). The van der Waals surface area contributed by atoms with Crippen molar-refractivity contribution >= 4 is 33.4 Å². The second-order valence-electron chi connectivity index (χ2n) is 5.49. The Bertz CT molecular complexity index is 577. The van der Waals surface area contributed by atoms with E-state index in [9.17, 15) is 9.59 Å². The van der Waals surface area contributed by atoms with Gasteiger partial charge in [0.25, 0.3) is 0 Å². The van der Waals surface area contributed by atoms with Gasteiger partial charge in [0.15, 0.2) is 0 Å². The van der Waals surface area contributed by atoms with E-state index in [1.165, 1.54) is 4.90 Å². The Hall–Kier alpha value is -1.42. The van der Waals surface area contributed by atoms with Crippen LogP contribution in [0.15, 0.2) is 40.9 Å². The molecule has 19 heavy (non-hydrogen) atoms. The van der Waals surface area contributed by atoms with Crippen molar-refractivity contribution in [1.29, 1.82) is 0 Å². The van der Waals surface area contributed by atoms with Crippen molar-refractivity contribution in [3.05, 3.63) is 40.9 Å². The van der Waals surface area contributed by atoms with Gasteiger partial charge in [0.1, 0.15) is 0 Å². The lowest BCUT2D eigenvalue weighted by Crippen LogP contribution is -2.32. The van der Waals surface area contributed by atoms with Crippen molar-refractivity contribution < 1.29 is 9.59 Å². The molecule has 1 aromatic carbocycles. The standard InChI is InChI=1S/C15H12BrNO2/c16-10-3-5-11(6-4-10)17-14(18)12-8-1-2-9(7-8)13(12)15(17)19/h1-6,8-9,12-13H,7H2. The Morgan fingerprint density at radius 3 is 2.00 bits per heavy atom. The average Bonchev–Trinajstić information content (AvgIpc) is 3.06. The first-order valence-electron chi connectivity index (χ1n) is 6.48. The molecule has 0 spiro atoms. The van der Waals surface area contributed by atoms with E-state index >= 15 is 0 Å². The number of nitrogens with zero attached hydrogens (tertiary/aromatic N) is 1. The van der Waals surface area contributed by atoms with Gasteiger partial charge in [-0.3, -0.25) is 14.5 Å². The van der Waals surface area contributed by atoms with Crippen LogP contribution < -0.4 is 4.90 Å². The zero-order valence-electron chi connectivity index (χ0n) is 10.1. The maximum atomic E-state index is 12.5. The smallest absolute Gasteiger partial charge is 0.238 e. The molecule has 4 atom stereocenters. The highest BCUT2D eigenvalue weighted by Gasteiger charge is 2.59. The molecule has 2 amide bonds. The number of allylic oxidation sites excluding steroid dienone is 2. The second-order valence-corrected chi connectivity index (χ2v) is 6.40. The molecule has 4 unspecified atom stereocenters. The Balaban J connectivity index is 1.74. The molecule has 1 aromatic rings. The number of hydrogen-bond acceptors (Lipinski definition) is 2. The first-order valence-corrected chi connectivity index (χ1v) is 7.28. The highest BCUT2D eigenvalue weighted by molar-refractivity contribution is 9.10. The van der Waals surface area contributed by atoms with Crippen LogP contribution in [0.2, 0.25) is 0 Å².